The molecule has 0 saturated carbocycles. The summed E-state index contributed by atoms with van der Waals surface area (Å²) in [7, 11) is 1.58. The Balaban J connectivity index is 1.48. The van der Waals surface area contributed by atoms with Gasteiger partial charge in [0, 0.05) is 16.9 Å². The van der Waals surface area contributed by atoms with Crippen LogP contribution in [0.4, 0.5) is 11.4 Å². The van der Waals surface area contributed by atoms with Crippen molar-refractivity contribution in [1.29, 1.82) is 0 Å². The van der Waals surface area contributed by atoms with Gasteiger partial charge >= 0.3 is 0 Å². The third-order valence-corrected chi connectivity index (χ3v) is 3.89. The van der Waals surface area contributed by atoms with Crippen LogP contribution in [-0.2, 0) is 4.79 Å². The Morgan fingerprint density at radius 1 is 0.750 bits per heavy atom. The molecule has 6 nitrogen and oxygen atoms in total. The predicted octanol–water partition coefficient (Wildman–Crippen LogP) is 3.97. The van der Waals surface area contributed by atoms with E-state index in [2.05, 4.69) is 10.6 Å². The van der Waals surface area contributed by atoms with Gasteiger partial charge in [0.25, 0.3) is 11.8 Å². The first-order valence-corrected chi connectivity index (χ1v) is 8.67. The van der Waals surface area contributed by atoms with Crippen molar-refractivity contribution in [2.24, 2.45) is 0 Å². The highest BCUT2D eigenvalue weighted by Crippen LogP contribution is 2.17. The number of methoxy groups -OCH3 is 1. The maximum atomic E-state index is 12.1. The molecular weight excluding hydrogens is 356 g/mol. The van der Waals surface area contributed by atoms with E-state index in [9.17, 15) is 9.59 Å². The molecule has 0 fully saturated rings. The fourth-order valence-corrected chi connectivity index (χ4v) is 2.45. The van der Waals surface area contributed by atoms with Gasteiger partial charge in [-0.1, -0.05) is 18.2 Å². The van der Waals surface area contributed by atoms with Crippen LogP contribution in [0.3, 0.4) is 0 Å². The van der Waals surface area contributed by atoms with Gasteiger partial charge in [-0.15, -0.1) is 0 Å². The molecule has 0 bridgehead atoms. The molecule has 0 heterocycles. The summed E-state index contributed by atoms with van der Waals surface area (Å²) in [6.45, 7) is -0.123. The van der Waals surface area contributed by atoms with E-state index in [4.69, 9.17) is 9.47 Å². The zero-order valence-electron chi connectivity index (χ0n) is 15.3. The van der Waals surface area contributed by atoms with E-state index < -0.39 is 0 Å². The number of amides is 2. The molecule has 3 aromatic carbocycles. The first-order chi connectivity index (χ1) is 13.6. The summed E-state index contributed by atoms with van der Waals surface area (Å²) in [5.41, 5.74) is 1.88. The Bertz CT molecular complexity index is 923. The molecule has 142 valence electrons. The molecule has 0 aromatic heterocycles. The number of ether oxygens (including phenoxy) is 2. The van der Waals surface area contributed by atoms with Crippen LogP contribution in [0.25, 0.3) is 0 Å². The average molecular weight is 376 g/mol. The summed E-state index contributed by atoms with van der Waals surface area (Å²) < 4.78 is 10.6. The van der Waals surface area contributed by atoms with Crippen molar-refractivity contribution in [3.63, 3.8) is 0 Å². The largest absolute Gasteiger partial charge is 0.497 e. The van der Waals surface area contributed by atoms with Crippen molar-refractivity contribution >= 4 is 23.2 Å². The lowest BCUT2D eigenvalue weighted by Crippen LogP contribution is -2.20. The van der Waals surface area contributed by atoms with Crippen LogP contribution in [0.15, 0.2) is 78.9 Å². The first-order valence-electron chi connectivity index (χ1n) is 8.67. The third-order valence-electron chi connectivity index (χ3n) is 3.89. The molecule has 0 aliphatic heterocycles. The third kappa shape index (κ3) is 5.35. The lowest BCUT2D eigenvalue weighted by Gasteiger charge is -2.09. The van der Waals surface area contributed by atoms with Gasteiger partial charge in [-0.3, -0.25) is 9.59 Å². The number of carbonyl (C=O) groups excluding carboxylic acids is 2. The molecule has 0 aliphatic rings. The van der Waals surface area contributed by atoms with Crippen molar-refractivity contribution in [3.8, 4) is 11.5 Å². The Labute approximate surface area is 163 Å². The second-order valence-electron chi connectivity index (χ2n) is 5.91. The van der Waals surface area contributed by atoms with E-state index in [0.717, 1.165) is 0 Å². The van der Waals surface area contributed by atoms with Gasteiger partial charge in [-0.2, -0.15) is 0 Å². The normalized spacial score (nSPS) is 10.0. The maximum absolute atomic E-state index is 12.1. The van der Waals surface area contributed by atoms with Crippen molar-refractivity contribution in [2.75, 3.05) is 24.4 Å². The van der Waals surface area contributed by atoms with Gasteiger partial charge < -0.3 is 20.1 Å². The topological polar surface area (TPSA) is 76.7 Å². The molecule has 0 saturated heterocycles. The van der Waals surface area contributed by atoms with E-state index in [0.29, 0.717) is 28.4 Å². The first kappa shape index (κ1) is 19.0. The molecular formula is C22H20N2O4. The van der Waals surface area contributed by atoms with Crippen molar-refractivity contribution in [2.45, 2.75) is 0 Å². The van der Waals surface area contributed by atoms with Crippen LogP contribution in [0, 0.1) is 0 Å². The highest BCUT2D eigenvalue weighted by molar-refractivity contribution is 6.04. The number of hydrogen-bond acceptors (Lipinski definition) is 4. The zero-order valence-corrected chi connectivity index (χ0v) is 15.3. The van der Waals surface area contributed by atoms with E-state index in [1.807, 2.05) is 18.2 Å². The van der Waals surface area contributed by atoms with E-state index in [1.165, 1.54) is 0 Å². The minimum absolute atomic E-state index is 0.123. The van der Waals surface area contributed by atoms with E-state index in [1.54, 1.807) is 67.8 Å². The number of nitrogens with one attached hydrogen (secondary N) is 2. The molecule has 28 heavy (non-hydrogen) atoms. The zero-order chi connectivity index (χ0) is 19.8. The Morgan fingerprint density at radius 2 is 1.32 bits per heavy atom. The molecule has 6 heteroatoms. The molecule has 2 N–H and O–H groups in total. The molecule has 0 spiro atoms. The maximum Gasteiger partial charge on any atom is 0.262 e. The minimum atomic E-state index is -0.272. The number of carbonyl (C=O) groups is 2. The molecule has 0 atom stereocenters. The van der Waals surface area contributed by atoms with Gasteiger partial charge in [0.1, 0.15) is 11.5 Å². The van der Waals surface area contributed by atoms with Crippen LogP contribution in [0.1, 0.15) is 10.4 Å². The Hall–Kier alpha value is -3.80. The second kappa shape index (κ2) is 9.23. The average Bonchev–Trinajstić information content (AvgIpc) is 2.74. The van der Waals surface area contributed by atoms with Gasteiger partial charge in [0.2, 0.25) is 0 Å². The fraction of sp³-hybridized carbons (Fsp3) is 0.0909. The Morgan fingerprint density at radius 3 is 1.93 bits per heavy atom. The predicted molar refractivity (Wildman–Crippen MR) is 108 cm³/mol. The molecule has 3 rings (SSSR count). The summed E-state index contributed by atoms with van der Waals surface area (Å²) in [6, 6.07) is 22.8. The number of rotatable bonds is 7. The summed E-state index contributed by atoms with van der Waals surface area (Å²) in [5, 5.41) is 5.55. The van der Waals surface area contributed by atoms with Crippen LogP contribution < -0.4 is 20.1 Å². The molecule has 0 radical (unpaired) electrons. The monoisotopic (exact) mass is 376 g/mol. The van der Waals surface area contributed by atoms with Crippen LogP contribution in [-0.4, -0.2) is 25.5 Å². The summed E-state index contributed by atoms with van der Waals surface area (Å²) >= 11 is 0. The lowest BCUT2D eigenvalue weighted by molar-refractivity contribution is -0.118. The van der Waals surface area contributed by atoms with Crippen LogP contribution >= 0.6 is 0 Å². The van der Waals surface area contributed by atoms with Crippen molar-refractivity contribution < 1.29 is 19.1 Å². The second-order valence-corrected chi connectivity index (χ2v) is 5.91. The minimum Gasteiger partial charge on any atom is -0.497 e. The highest BCUT2D eigenvalue weighted by Gasteiger charge is 2.07. The SMILES string of the molecule is COc1ccc(NC(=O)COc2ccc(NC(=O)c3ccccc3)cc2)cc1. The quantitative estimate of drug-likeness (QED) is 0.654. The van der Waals surface area contributed by atoms with Crippen LogP contribution in [0.5, 0.6) is 11.5 Å². The summed E-state index contributed by atoms with van der Waals surface area (Å²) in [4.78, 5) is 24.1. The number of hydrogen-bond donors (Lipinski definition) is 2. The molecule has 2 amide bonds. The fourth-order valence-electron chi connectivity index (χ4n) is 2.45. The van der Waals surface area contributed by atoms with Gasteiger partial charge in [-0.25, -0.2) is 0 Å². The molecule has 0 aliphatic carbocycles. The number of benzene rings is 3. The van der Waals surface area contributed by atoms with Gasteiger partial charge in [0.05, 0.1) is 7.11 Å². The standard InChI is InChI=1S/C22H20N2O4/c1-27-19-11-7-17(8-12-19)23-21(25)15-28-20-13-9-18(10-14-20)24-22(26)16-5-3-2-4-6-16/h2-14H,15H2,1H3,(H,23,25)(H,24,26). The molecule has 0 unspecified atom stereocenters. The lowest BCUT2D eigenvalue weighted by atomic mass is 10.2. The van der Waals surface area contributed by atoms with Crippen molar-refractivity contribution in [3.05, 3.63) is 84.4 Å². The molecule has 3 aromatic rings. The smallest absolute Gasteiger partial charge is 0.262 e. The highest BCUT2D eigenvalue weighted by atomic mass is 16.5. The van der Waals surface area contributed by atoms with E-state index >= 15 is 0 Å². The van der Waals surface area contributed by atoms with E-state index in [-0.39, 0.29) is 18.4 Å². The summed E-state index contributed by atoms with van der Waals surface area (Å²) in [5.74, 6) is 0.788. The summed E-state index contributed by atoms with van der Waals surface area (Å²) in [6.07, 6.45) is 0. The van der Waals surface area contributed by atoms with Gasteiger partial charge in [0.15, 0.2) is 6.61 Å². The van der Waals surface area contributed by atoms with Crippen molar-refractivity contribution in [1.82, 2.24) is 0 Å². The number of anilines is 2. The van der Waals surface area contributed by atoms with Crippen LogP contribution in [0.2, 0.25) is 0 Å². The Kier molecular flexibility index (Phi) is 6.25. The van der Waals surface area contributed by atoms with Gasteiger partial charge in [-0.05, 0) is 60.7 Å².